The average molecular weight is 265 g/mol. The minimum Gasteiger partial charge on any atom is -0.327 e. The molecule has 1 aromatic heterocycles. The zero-order chi connectivity index (χ0) is 14.3. The molecule has 102 valence electrons. The van der Waals surface area contributed by atoms with Crippen molar-refractivity contribution in [1.82, 2.24) is 9.55 Å². The van der Waals surface area contributed by atoms with Gasteiger partial charge in [-0.3, -0.25) is 0 Å². The molecule has 1 heterocycles. The molecule has 0 radical (unpaired) electrons. The maximum atomic E-state index is 5.72. The molecule has 2 N–H and O–H groups in total. The van der Waals surface area contributed by atoms with E-state index in [2.05, 4.69) is 49.7 Å². The minimum atomic E-state index is 0.556. The summed E-state index contributed by atoms with van der Waals surface area (Å²) in [5.74, 6) is 1.01. The van der Waals surface area contributed by atoms with Crippen LogP contribution in [0.25, 0.3) is 22.4 Å². The summed E-state index contributed by atoms with van der Waals surface area (Å²) >= 11 is 0. The summed E-state index contributed by atoms with van der Waals surface area (Å²) in [5.41, 5.74) is 12.7. The Morgan fingerprint density at radius 2 is 1.90 bits per heavy atom. The van der Waals surface area contributed by atoms with E-state index in [0.717, 1.165) is 22.4 Å². The Balaban J connectivity index is 2.24. The Hall–Kier alpha value is -2.13. The van der Waals surface area contributed by atoms with Crippen LogP contribution in [0.2, 0.25) is 0 Å². The summed E-state index contributed by atoms with van der Waals surface area (Å²) in [6.07, 6.45) is 0. The van der Waals surface area contributed by atoms with Gasteiger partial charge in [-0.1, -0.05) is 29.8 Å². The summed E-state index contributed by atoms with van der Waals surface area (Å²) in [6.45, 7) is 4.80. The third kappa shape index (κ3) is 2.00. The first-order valence-corrected chi connectivity index (χ1v) is 6.83. The molecule has 0 bridgehead atoms. The zero-order valence-corrected chi connectivity index (χ0v) is 12.1. The monoisotopic (exact) mass is 265 g/mol. The lowest BCUT2D eigenvalue weighted by atomic mass is 10.1. The molecule has 0 aliphatic carbocycles. The first-order valence-electron chi connectivity index (χ1n) is 6.83. The van der Waals surface area contributed by atoms with Gasteiger partial charge < -0.3 is 10.3 Å². The maximum absolute atomic E-state index is 5.72. The van der Waals surface area contributed by atoms with Gasteiger partial charge in [-0.15, -0.1) is 0 Å². The largest absolute Gasteiger partial charge is 0.327 e. The minimum absolute atomic E-state index is 0.556. The van der Waals surface area contributed by atoms with Gasteiger partial charge in [-0.25, -0.2) is 4.98 Å². The van der Waals surface area contributed by atoms with Crippen molar-refractivity contribution in [3.63, 3.8) is 0 Å². The van der Waals surface area contributed by atoms with E-state index in [9.17, 15) is 0 Å². The van der Waals surface area contributed by atoms with Crippen LogP contribution in [0, 0.1) is 13.8 Å². The predicted molar refractivity (Wildman–Crippen MR) is 83.5 cm³/mol. The van der Waals surface area contributed by atoms with Crippen LogP contribution in [0.3, 0.4) is 0 Å². The van der Waals surface area contributed by atoms with Gasteiger partial charge >= 0.3 is 0 Å². The lowest BCUT2D eigenvalue weighted by Crippen LogP contribution is -1.97. The van der Waals surface area contributed by atoms with E-state index in [-0.39, 0.29) is 0 Å². The van der Waals surface area contributed by atoms with Crippen LogP contribution in [0.1, 0.15) is 16.7 Å². The smallest absolute Gasteiger partial charge is 0.141 e. The molecule has 0 aliphatic heterocycles. The van der Waals surface area contributed by atoms with E-state index in [1.54, 1.807) is 0 Å². The fourth-order valence-electron chi connectivity index (χ4n) is 2.67. The molecule has 0 unspecified atom stereocenters. The molecule has 3 aromatic rings. The summed E-state index contributed by atoms with van der Waals surface area (Å²) in [7, 11) is 2.06. The number of aryl methyl sites for hydroxylation is 3. The van der Waals surface area contributed by atoms with Crippen molar-refractivity contribution in [2.45, 2.75) is 20.4 Å². The van der Waals surface area contributed by atoms with Crippen LogP contribution >= 0.6 is 0 Å². The van der Waals surface area contributed by atoms with Crippen molar-refractivity contribution < 1.29 is 0 Å². The van der Waals surface area contributed by atoms with Gasteiger partial charge in [0.05, 0.1) is 11.0 Å². The number of hydrogen-bond acceptors (Lipinski definition) is 2. The maximum Gasteiger partial charge on any atom is 0.141 e. The number of benzene rings is 2. The second-order valence-electron chi connectivity index (χ2n) is 5.34. The van der Waals surface area contributed by atoms with Crippen molar-refractivity contribution in [2.24, 2.45) is 12.8 Å². The molecular formula is C17H19N3. The molecule has 0 aliphatic rings. The quantitative estimate of drug-likeness (QED) is 0.772. The number of nitrogens with zero attached hydrogens (tertiary/aromatic N) is 2. The normalized spacial score (nSPS) is 11.2. The fourth-order valence-corrected chi connectivity index (χ4v) is 2.67. The number of aromatic nitrogens is 2. The van der Waals surface area contributed by atoms with Gasteiger partial charge in [0.1, 0.15) is 5.82 Å². The van der Waals surface area contributed by atoms with Gasteiger partial charge in [-0.05, 0) is 37.1 Å². The second kappa shape index (κ2) is 4.76. The summed E-state index contributed by atoms with van der Waals surface area (Å²) in [5, 5.41) is 0. The van der Waals surface area contributed by atoms with Crippen LogP contribution in [0.4, 0.5) is 0 Å². The van der Waals surface area contributed by atoms with Gasteiger partial charge in [0.25, 0.3) is 0 Å². The van der Waals surface area contributed by atoms with E-state index in [1.807, 2.05) is 12.1 Å². The molecule has 3 nitrogen and oxygen atoms in total. The number of imidazole rings is 1. The zero-order valence-electron chi connectivity index (χ0n) is 12.1. The highest BCUT2D eigenvalue weighted by Gasteiger charge is 2.12. The van der Waals surface area contributed by atoms with Crippen LogP contribution in [-0.4, -0.2) is 9.55 Å². The first kappa shape index (κ1) is 12.9. The number of fused-ring (bicyclic) bond motifs is 1. The Morgan fingerprint density at radius 1 is 1.10 bits per heavy atom. The van der Waals surface area contributed by atoms with Gasteiger partial charge in [0, 0.05) is 19.2 Å². The van der Waals surface area contributed by atoms with Crippen LogP contribution < -0.4 is 5.73 Å². The summed E-state index contributed by atoms with van der Waals surface area (Å²) in [6, 6.07) is 12.7. The Bertz CT molecular complexity index is 784. The number of nitrogens with two attached hydrogens (primary N) is 1. The van der Waals surface area contributed by atoms with E-state index < -0.39 is 0 Å². The molecule has 20 heavy (non-hydrogen) atoms. The highest BCUT2D eigenvalue weighted by Crippen LogP contribution is 2.27. The van der Waals surface area contributed by atoms with Crippen LogP contribution in [0.5, 0.6) is 0 Å². The first-order chi connectivity index (χ1) is 9.60. The van der Waals surface area contributed by atoms with Crippen LogP contribution in [-0.2, 0) is 13.6 Å². The summed E-state index contributed by atoms with van der Waals surface area (Å²) < 4.78 is 2.14. The standard InChI is InChI=1S/C17H19N3/c1-11-4-6-14(12(2)8-11)17-19-15-7-5-13(10-18)9-16(15)20(17)3/h4-9H,10,18H2,1-3H3. The van der Waals surface area contributed by atoms with E-state index >= 15 is 0 Å². The molecule has 0 fully saturated rings. The SMILES string of the molecule is Cc1ccc(-c2nc3ccc(CN)cc3n2C)c(C)c1. The molecule has 0 amide bonds. The van der Waals surface area contributed by atoms with Crippen molar-refractivity contribution in [3.05, 3.63) is 53.1 Å². The van der Waals surface area contributed by atoms with Crippen LogP contribution in [0.15, 0.2) is 36.4 Å². The number of hydrogen-bond donors (Lipinski definition) is 1. The number of rotatable bonds is 2. The van der Waals surface area contributed by atoms with E-state index in [1.165, 1.54) is 16.7 Å². The molecule has 3 rings (SSSR count). The summed E-state index contributed by atoms with van der Waals surface area (Å²) in [4.78, 5) is 4.77. The molecular weight excluding hydrogens is 246 g/mol. The Kier molecular flexibility index (Phi) is 3.07. The molecule has 0 saturated heterocycles. The molecule has 0 spiro atoms. The highest BCUT2D eigenvalue weighted by molar-refractivity contribution is 5.81. The van der Waals surface area contributed by atoms with E-state index in [4.69, 9.17) is 10.7 Å². The lowest BCUT2D eigenvalue weighted by molar-refractivity contribution is 0.954. The van der Waals surface area contributed by atoms with Gasteiger partial charge in [0.2, 0.25) is 0 Å². The Morgan fingerprint density at radius 3 is 2.60 bits per heavy atom. The predicted octanol–water partition coefficient (Wildman–Crippen LogP) is 3.32. The van der Waals surface area contributed by atoms with Crippen molar-refractivity contribution in [2.75, 3.05) is 0 Å². The van der Waals surface area contributed by atoms with Crippen molar-refractivity contribution >= 4 is 11.0 Å². The van der Waals surface area contributed by atoms with Gasteiger partial charge in [0.15, 0.2) is 0 Å². The highest BCUT2D eigenvalue weighted by atomic mass is 15.1. The van der Waals surface area contributed by atoms with E-state index in [0.29, 0.717) is 6.54 Å². The average Bonchev–Trinajstić information content (AvgIpc) is 2.76. The molecule has 0 saturated carbocycles. The third-order valence-corrected chi connectivity index (χ3v) is 3.80. The molecule has 0 atom stereocenters. The van der Waals surface area contributed by atoms with Gasteiger partial charge in [-0.2, -0.15) is 0 Å². The second-order valence-corrected chi connectivity index (χ2v) is 5.34. The Labute approximate surface area is 119 Å². The van der Waals surface area contributed by atoms with Crippen molar-refractivity contribution in [3.8, 4) is 11.4 Å². The molecule has 2 aromatic carbocycles. The fraction of sp³-hybridized carbons (Fsp3) is 0.235. The molecule has 3 heteroatoms. The third-order valence-electron chi connectivity index (χ3n) is 3.80. The van der Waals surface area contributed by atoms with Crippen molar-refractivity contribution in [1.29, 1.82) is 0 Å². The lowest BCUT2D eigenvalue weighted by Gasteiger charge is -2.07. The topological polar surface area (TPSA) is 43.8 Å².